The Hall–Kier alpha value is -0.860. The van der Waals surface area contributed by atoms with Crippen LogP contribution in [0.2, 0.25) is 0 Å². The summed E-state index contributed by atoms with van der Waals surface area (Å²) >= 11 is 0. The lowest BCUT2D eigenvalue weighted by molar-refractivity contribution is -0.241. The van der Waals surface area contributed by atoms with E-state index in [0.717, 1.165) is 12.8 Å². The zero-order valence-electron chi connectivity index (χ0n) is 9.79. The summed E-state index contributed by atoms with van der Waals surface area (Å²) in [7, 11) is 0. The van der Waals surface area contributed by atoms with E-state index in [1.165, 1.54) is 11.1 Å². The first kappa shape index (κ1) is 12.2. The smallest absolute Gasteiger partial charge is 0.0860 e. The molecule has 2 heteroatoms. The van der Waals surface area contributed by atoms with Gasteiger partial charge in [-0.3, -0.25) is 5.26 Å². The van der Waals surface area contributed by atoms with Crippen LogP contribution < -0.4 is 0 Å². The molecule has 0 spiro atoms. The highest BCUT2D eigenvalue weighted by molar-refractivity contribution is 5.23. The summed E-state index contributed by atoms with van der Waals surface area (Å²) in [4.78, 5) is 4.06. The van der Waals surface area contributed by atoms with E-state index < -0.39 is 0 Å². The van der Waals surface area contributed by atoms with Crippen molar-refractivity contribution in [2.24, 2.45) is 5.41 Å². The first-order chi connectivity index (χ1) is 7.01. The molecule has 1 rings (SSSR count). The Kier molecular flexibility index (Phi) is 4.30. The minimum atomic E-state index is 0.329. The normalized spacial score (nSPS) is 11.7. The molecule has 0 aliphatic heterocycles. The molecule has 1 aromatic rings. The second-order valence-corrected chi connectivity index (χ2v) is 5.14. The van der Waals surface area contributed by atoms with Crippen molar-refractivity contribution >= 4 is 0 Å². The minimum absolute atomic E-state index is 0.329. The maximum atomic E-state index is 8.24. The molecule has 0 saturated heterocycles. The molecule has 0 aliphatic carbocycles. The van der Waals surface area contributed by atoms with Gasteiger partial charge in [0.15, 0.2) is 0 Å². The summed E-state index contributed by atoms with van der Waals surface area (Å²) in [6.45, 7) is 7.07. The lowest BCUT2D eigenvalue weighted by Gasteiger charge is -2.18. The number of hydrogen-bond acceptors (Lipinski definition) is 2. The van der Waals surface area contributed by atoms with Gasteiger partial charge in [-0.1, -0.05) is 45.0 Å². The van der Waals surface area contributed by atoms with Crippen molar-refractivity contribution in [1.82, 2.24) is 0 Å². The van der Waals surface area contributed by atoms with Crippen LogP contribution in [-0.2, 0) is 17.7 Å². The molecule has 0 saturated carbocycles. The third-order valence-electron chi connectivity index (χ3n) is 2.24. The lowest BCUT2D eigenvalue weighted by Crippen LogP contribution is -2.09. The maximum absolute atomic E-state index is 8.24. The Bertz CT molecular complexity index is 282. The molecule has 0 unspecified atom stereocenters. The fourth-order valence-electron chi connectivity index (χ4n) is 1.60. The highest BCUT2D eigenvalue weighted by Gasteiger charge is 2.10. The fourth-order valence-corrected chi connectivity index (χ4v) is 1.60. The van der Waals surface area contributed by atoms with E-state index in [4.69, 9.17) is 5.26 Å². The molecule has 15 heavy (non-hydrogen) atoms. The Balaban J connectivity index is 2.56. The van der Waals surface area contributed by atoms with E-state index in [-0.39, 0.29) is 0 Å². The second kappa shape index (κ2) is 5.29. The molecule has 0 amide bonds. The van der Waals surface area contributed by atoms with Crippen LogP contribution in [0, 0.1) is 5.41 Å². The molecule has 84 valence electrons. The van der Waals surface area contributed by atoms with Crippen LogP contribution in [0.25, 0.3) is 0 Å². The van der Waals surface area contributed by atoms with Crippen molar-refractivity contribution in [2.75, 3.05) is 6.61 Å². The molecule has 2 nitrogen and oxygen atoms in total. The molecule has 0 heterocycles. The molecule has 0 radical (unpaired) electrons. The van der Waals surface area contributed by atoms with E-state index >= 15 is 0 Å². The summed E-state index contributed by atoms with van der Waals surface area (Å²) in [5.74, 6) is 0. The molecule has 0 aliphatic rings. The van der Waals surface area contributed by atoms with Crippen LogP contribution in [-0.4, -0.2) is 11.9 Å². The van der Waals surface area contributed by atoms with Crippen molar-refractivity contribution in [3.63, 3.8) is 0 Å². The molecule has 0 aromatic heterocycles. The first-order valence-corrected chi connectivity index (χ1v) is 5.35. The Morgan fingerprint density at radius 2 is 1.60 bits per heavy atom. The van der Waals surface area contributed by atoms with Crippen LogP contribution in [0.4, 0.5) is 0 Å². The summed E-state index contributed by atoms with van der Waals surface area (Å²) in [6.07, 6.45) is 1.84. The van der Waals surface area contributed by atoms with Gasteiger partial charge in [0.05, 0.1) is 6.61 Å². The first-order valence-electron chi connectivity index (χ1n) is 5.35. The van der Waals surface area contributed by atoms with Gasteiger partial charge in [0.2, 0.25) is 0 Å². The van der Waals surface area contributed by atoms with Gasteiger partial charge in [-0.05, 0) is 29.4 Å². The molecular formula is C13H20O2. The number of rotatable bonds is 4. The molecular weight excluding hydrogens is 188 g/mol. The Morgan fingerprint density at radius 1 is 1.07 bits per heavy atom. The van der Waals surface area contributed by atoms with Gasteiger partial charge < -0.3 is 0 Å². The SMILES string of the molecule is CC(C)(C)Cc1ccc(CCOO)cc1. The summed E-state index contributed by atoms with van der Waals surface area (Å²) in [5, 5.41) is 8.24. The summed E-state index contributed by atoms with van der Waals surface area (Å²) in [5.41, 5.74) is 2.88. The quantitative estimate of drug-likeness (QED) is 0.607. The molecule has 1 aromatic carbocycles. The van der Waals surface area contributed by atoms with Gasteiger partial charge in [-0.15, -0.1) is 0 Å². The zero-order chi connectivity index (χ0) is 11.3. The second-order valence-electron chi connectivity index (χ2n) is 5.14. The predicted octanol–water partition coefficient (Wildman–Crippen LogP) is 3.31. The van der Waals surface area contributed by atoms with E-state index in [1.807, 2.05) is 0 Å². The van der Waals surface area contributed by atoms with Gasteiger partial charge in [0.25, 0.3) is 0 Å². The van der Waals surface area contributed by atoms with E-state index in [1.54, 1.807) is 0 Å². The molecule has 0 atom stereocenters. The predicted molar refractivity (Wildman–Crippen MR) is 61.9 cm³/mol. The average Bonchev–Trinajstić information content (AvgIpc) is 2.14. The van der Waals surface area contributed by atoms with Crippen LogP contribution in [0.1, 0.15) is 31.9 Å². The third kappa shape index (κ3) is 4.96. The average molecular weight is 208 g/mol. The van der Waals surface area contributed by atoms with Crippen molar-refractivity contribution in [1.29, 1.82) is 0 Å². The number of hydrogen-bond donors (Lipinski definition) is 1. The minimum Gasteiger partial charge on any atom is -0.252 e. The largest absolute Gasteiger partial charge is 0.252 e. The lowest BCUT2D eigenvalue weighted by atomic mass is 9.88. The third-order valence-corrected chi connectivity index (χ3v) is 2.24. The highest BCUT2D eigenvalue weighted by Crippen LogP contribution is 2.20. The van der Waals surface area contributed by atoms with E-state index in [2.05, 4.69) is 49.9 Å². The Morgan fingerprint density at radius 3 is 2.07 bits per heavy atom. The van der Waals surface area contributed by atoms with Gasteiger partial charge in [0.1, 0.15) is 0 Å². The standard InChI is InChI=1S/C13H20O2/c1-13(2,3)10-12-6-4-11(5-7-12)8-9-15-14/h4-7,14H,8-10H2,1-3H3. The van der Waals surface area contributed by atoms with Crippen molar-refractivity contribution in [2.45, 2.75) is 33.6 Å². The maximum Gasteiger partial charge on any atom is 0.0860 e. The molecule has 0 bridgehead atoms. The number of benzene rings is 1. The van der Waals surface area contributed by atoms with Crippen LogP contribution in [0.5, 0.6) is 0 Å². The Labute approximate surface area is 91.8 Å². The van der Waals surface area contributed by atoms with Gasteiger partial charge >= 0.3 is 0 Å². The van der Waals surface area contributed by atoms with E-state index in [9.17, 15) is 0 Å². The summed E-state index contributed by atoms with van der Waals surface area (Å²) in [6, 6.07) is 8.50. The van der Waals surface area contributed by atoms with Crippen LogP contribution >= 0.6 is 0 Å². The monoisotopic (exact) mass is 208 g/mol. The van der Waals surface area contributed by atoms with Crippen molar-refractivity contribution in [3.05, 3.63) is 35.4 Å². The fraction of sp³-hybridized carbons (Fsp3) is 0.538. The van der Waals surface area contributed by atoms with Crippen LogP contribution in [0.15, 0.2) is 24.3 Å². The van der Waals surface area contributed by atoms with Crippen LogP contribution in [0.3, 0.4) is 0 Å². The van der Waals surface area contributed by atoms with Crippen molar-refractivity contribution in [3.8, 4) is 0 Å². The highest BCUT2D eigenvalue weighted by atomic mass is 17.1. The molecule has 1 N–H and O–H groups in total. The molecule has 0 fully saturated rings. The zero-order valence-corrected chi connectivity index (χ0v) is 9.79. The van der Waals surface area contributed by atoms with Gasteiger partial charge in [-0.25, -0.2) is 4.89 Å². The van der Waals surface area contributed by atoms with Gasteiger partial charge in [0, 0.05) is 0 Å². The van der Waals surface area contributed by atoms with Crippen molar-refractivity contribution < 1.29 is 10.1 Å². The topological polar surface area (TPSA) is 29.5 Å². The summed E-state index contributed by atoms with van der Waals surface area (Å²) < 4.78 is 0. The van der Waals surface area contributed by atoms with Gasteiger partial charge in [-0.2, -0.15) is 0 Å². The van der Waals surface area contributed by atoms with E-state index in [0.29, 0.717) is 12.0 Å².